The average molecular weight is 247 g/mol. The molecule has 1 atom stereocenters. The maximum Gasteiger partial charge on any atom is 0.0486 e. The first-order valence-corrected chi connectivity index (χ1v) is 7.01. The Bertz CT molecular complexity index is 512. The summed E-state index contributed by atoms with van der Waals surface area (Å²) in [5.41, 5.74) is 7.73. The maximum atomic E-state index is 6.63. The van der Waals surface area contributed by atoms with Gasteiger partial charge in [0, 0.05) is 23.5 Å². The van der Waals surface area contributed by atoms with Crippen LogP contribution in [-0.2, 0) is 10.3 Å². The highest BCUT2D eigenvalue weighted by Gasteiger charge is 2.30. The molecular formula is C14H17NOS. The van der Waals surface area contributed by atoms with Gasteiger partial charge in [0.25, 0.3) is 0 Å². The Kier molecular flexibility index (Phi) is 2.90. The number of hydrogen-bond acceptors (Lipinski definition) is 3. The summed E-state index contributed by atoms with van der Waals surface area (Å²) in [4.78, 5) is 0. The molecule has 90 valence electrons. The number of ether oxygens (including phenoxy) is 1. The van der Waals surface area contributed by atoms with Crippen LogP contribution in [0.4, 0.5) is 0 Å². The Balaban J connectivity index is 2.09. The zero-order chi connectivity index (χ0) is 11.7. The van der Waals surface area contributed by atoms with Gasteiger partial charge in [-0.05, 0) is 41.7 Å². The molecule has 1 aromatic carbocycles. The van der Waals surface area contributed by atoms with Crippen molar-refractivity contribution in [1.29, 1.82) is 0 Å². The van der Waals surface area contributed by atoms with Crippen molar-refractivity contribution < 1.29 is 4.74 Å². The standard InChI is InChI=1S/C14H17NOS/c15-14(6-2-8-16-9-7-14)12-4-1-3-11-5-10-17-13(11)12/h1,3-5,10H,2,6-9,15H2. The minimum absolute atomic E-state index is 0.207. The highest BCUT2D eigenvalue weighted by molar-refractivity contribution is 7.17. The lowest BCUT2D eigenvalue weighted by Gasteiger charge is -2.28. The van der Waals surface area contributed by atoms with Crippen molar-refractivity contribution in [3.8, 4) is 0 Å². The van der Waals surface area contributed by atoms with E-state index in [1.807, 2.05) is 0 Å². The summed E-state index contributed by atoms with van der Waals surface area (Å²) in [5.74, 6) is 0. The van der Waals surface area contributed by atoms with Crippen molar-refractivity contribution in [2.45, 2.75) is 24.8 Å². The second kappa shape index (κ2) is 4.41. The zero-order valence-corrected chi connectivity index (χ0v) is 10.6. The van der Waals surface area contributed by atoms with E-state index in [-0.39, 0.29) is 5.54 Å². The lowest BCUT2D eigenvalue weighted by Crippen LogP contribution is -2.36. The van der Waals surface area contributed by atoms with E-state index >= 15 is 0 Å². The molecule has 2 aromatic rings. The van der Waals surface area contributed by atoms with E-state index in [9.17, 15) is 0 Å². The zero-order valence-electron chi connectivity index (χ0n) is 9.82. The first-order chi connectivity index (χ1) is 8.30. The molecule has 1 fully saturated rings. The van der Waals surface area contributed by atoms with Gasteiger partial charge in [-0.1, -0.05) is 18.2 Å². The second-order valence-corrected chi connectivity index (χ2v) is 5.68. The fourth-order valence-corrected chi connectivity index (χ4v) is 3.65. The molecule has 0 aliphatic carbocycles. The molecule has 1 saturated heterocycles. The van der Waals surface area contributed by atoms with Gasteiger partial charge in [-0.3, -0.25) is 0 Å². The summed E-state index contributed by atoms with van der Waals surface area (Å²) < 4.78 is 6.87. The molecule has 0 spiro atoms. The molecule has 2 N–H and O–H groups in total. The van der Waals surface area contributed by atoms with Crippen LogP contribution in [0, 0.1) is 0 Å². The van der Waals surface area contributed by atoms with Gasteiger partial charge in [0.15, 0.2) is 0 Å². The Labute approximate surface area is 105 Å². The Hall–Kier alpha value is -0.900. The van der Waals surface area contributed by atoms with Crippen molar-refractivity contribution in [2.24, 2.45) is 5.73 Å². The predicted octanol–water partition coefficient (Wildman–Crippen LogP) is 3.26. The molecule has 0 saturated carbocycles. The SMILES string of the molecule is NC1(c2cccc3ccsc23)CCCOCC1. The largest absolute Gasteiger partial charge is 0.381 e. The Morgan fingerprint density at radius 2 is 2.12 bits per heavy atom. The van der Waals surface area contributed by atoms with Crippen LogP contribution in [0.3, 0.4) is 0 Å². The van der Waals surface area contributed by atoms with E-state index in [1.165, 1.54) is 15.6 Å². The first kappa shape index (κ1) is 11.2. The molecule has 2 nitrogen and oxygen atoms in total. The van der Waals surface area contributed by atoms with Crippen LogP contribution in [-0.4, -0.2) is 13.2 Å². The van der Waals surface area contributed by atoms with Crippen molar-refractivity contribution >= 4 is 21.4 Å². The number of benzene rings is 1. The van der Waals surface area contributed by atoms with E-state index in [4.69, 9.17) is 10.5 Å². The number of rotatable bonds is 1. The summed E-state index contributed by atoms with van der Waals surface area (Å²) >= 11 is 1.79. The minimum Gasteiger partial charge on any atom is -0.381 e. The molecule has 2 heterocycles. The van der Waals surface area contributed by atoms with Crippen molar-refractivity contribution in [2.75, 3.05) is 13.2 Å². The van der Waals surface area contributed by atoms with Gasteiger partial charge in [0.1, 0.15) is 0 Å². The molecule has 1 aliphatic rings. The highest BCUT2D eigenvalue weighted by atomic mass is 32.1. The fourth-order valence-electron chi connectivity index (χ4n) is 2.63. The third-order valence-electron chi connectivity index (χ3n) is 3.62. The van der Waals surface area contributed by atoms with E-state index in [0.717, 1.165) is 32.5 Å². The second-order valence-electron chi connectivity index (χ2n) is 4.77. The minimum atomic E-state index is -0.207. The normalized spacial score (nSPS) is 25.9. The van der Waals surface area contributed by atoms with Gasteiger partial charge in [-0.2, -0.15) is 0 Å². The van der Waals surface area contributed by atoms with E-state index in [0.29, 0.717) is 0 Å². The fraction of sp³-hybridized carbons (Fsp3) is 0.429. The Morgan fingerprint density at radius 1 is 1.18 bits per heavy atom. The van der Waals surface area contributed by atoms with Gasteiger partial charge in [-0.25, -0.2) is 0 Å². The topological polar surface area (TPSA) is 35.2 Å². The van der Waals surface area contributed by atoms with Crippen LogP contribution in [0.2, 0.25) is 0 Å². The summed E-state index contributed by atoms with van der Waals surface area (Å²) in [6.07, 6.45) is 2.99. The van der Waals surface area contributed by atoms with Gasteiger partial charge >= 0.3 is 0 Å². The molecule has 1 aromatic heterocycles. The van der Waals surface area contributed by atoms with Crippen molar-refractivity contribution in [1.82, 2.24) is 0 Å². The lowest BCUT2D eigenvalue weighted by molar-refractivity contribution is 0.139. The molecule has 1 unspecified atom stereocenters. The highest BCUT2D eigenvalue weighted by Crippen LogP contribution is 2.36. The van der Waals surface area contributed by atoms with E-state index in [2.05, 4.69) is 29.6 Å². The Morgan fingerprint density at radius 3 is 3.06 bits per heavy atom. The van der Waals surface area contributed by atoms with Crippen LogP contribution in [0.5, 0.6) is 0 Å². The average Bonchev–Trinajstić information content (AvgIpc) is 2.71. The molecule has 3 rings (SSSR count). The predicted molar refractivity (Wildman–Crippen MR) is 72.4 cm³/mol. The molecule has 17 heavy (non-hydrogen) atoms. The molecule has 1 aliphatic heterocycles. The molecular weight excluding hydrogens is 230 g/mol. The summed E-state index contributed by atoms with van der Waals surface area (Å²) in [6, 6.07) is 8.63. The van der Waals surface area contributed by atoms with E-state index < -0.39 is 0 Å². The number of fused-ring (bicyclic) bond motifs is 1. The third-order valence-corrected chi connectivity index (χ3v) is 4.58. The summed E-state index contributed by atoms with van der Waals surface area (Å²) in [5, 5.41) is 3.45. The van der Waals surface area contributed by atoms with Crippen LogP contribution in [0.1, 0.15) is 24.8 Å². The summed E-state index contributed by atoms with van der Waals surface area (Å²) in [6.45, 7) is 1.62. The first-order valence-electron chi connectivity index (χ1n) is 6.13. The number of thiophene rings is 1. The van der Waals surface area contributed by atoms with Crippen LogP contribution >= 0.6 is 11.3 Å². The molecule has 0 radical (unpaired) electrons. The molecule has 0 amide bonds. The number of hydrogen-bond donors (Lipinski definition) is 1. The summed E-state index contributed by atoms with van der Waals surface area (Å²) in [7, 11) is 0. The van der Waals surface area contributed by atoms with Crippen LogP contribution < -0.4 is 5.73 Å². The van der Waals surface area contributed by atoms with Gasteiger partial charge < -0.3 is 10.5 Å². The van der Waals surface area contributed by atoms with Gasteiger partial charge in [0.2, 0.25) is 0 Å². The monoisotopic (exact) mass is 247 g/mol. The van der Waals surface area contributed by atoms with Gasteiger partial charge in [0.05, 0.1) is 0 Å². The molecule has 0 bridgehead atoms. The van der Waals surface area contributed by atoms with Crippen molar-refractivity contribution in [3.63, 3.8) is 0 Å². The van der Waals surface area contributed by atoms with Gasteiger partial charge in [-0.15, -0.1) is 11.3 Å². The van der Waals surface area contributed by atoms with Crippen molar-refractivity contribution in [3.05, 3.63) is 35.2 Å². The molecule has 3 heteroatoms. The van der Waals surface area contributed by atoms with E-state index in [1.54, 1.807) is 11.3 Å². The lowest BCUT2D eigenvalue weighted by atomic mass is 9.84. The quantitative estimate of drug-likeness (QED) is 0.839. The number of nitrogens with two attached hydrogens (primary N) is 1. The maximum absolute atomic E-state index is 6.63. The van der Waals surface area contributed by atoms with Crippen LogP contribution in [0.25, 0.3) is 10.1 Å². The third kappa shape index (κ3) is 1.99. The smallest absolute Gasteiger partial charge is 0.0486 e. The van der Waals surface area contributed by atoms with Crippen LogP contribution in [0.15, 0.2) is 29.6 Å².